The van der Waals surface area contributed by atoms with Crippen LogP contribution >= 0.6 is 0 Å². The molecule has 0 spiro atoms. The summed E-state index contributed by atoms with van der Waals surface area (Å²) in [5.74, 6) is 0. The largest absolute Gasteiger partial charge is 2.00 e. The summed E-state index contributed by atoms with van der Waals surface area (Å²) in [6, 6.07) is 0. The van der Waals surface area contributed by atoms with Gasteiger partial charge in [-0.1, -0.05) is 0 Å². The van der Waals surface area contributed by atoms with Gasteiger partial charge in [0.05, 0.1) is 0 Å². The second-order valence-electron chi connectivity index (χ2n) is 0. The van der Waals surface area contributed by atoms with Crippen molar-refractivity contribution in [1.82, 2.24) is 0 Å². The molecule has 24 valence electrons. The van der Waals surface area contributed by atoms with Gasteiger partial charge in [0.25, 0.3) is 0 Å². The first-order valence-electron chi connectivity index (χ1n) is 0. The van der Waals surface area contributed by atoms with Crippen LogP contribution < -0.4 is 9.41 Å². The van der Waals surface area contributed by atoms with E-state index in [0.717, 1.165) is 0 Å². The predicted octanol–water partition coefficient (Wildman–Crippen LogP) is -6.93. The van der Waals surface area contributed by atoms with E-state index < -0.39 is 0 Å². The molecule has 1 nitrogen and oxygen atoms in total. The summed E-state index contributed by atoms with van der Waals surface area (Å²) in [5.41, 5.74) is 0. The molecule has 0 aliphatic heterocycles. The molecule has 0 rings (SSSR count). The van der Waals surface area contributed by atoms with E-state index in [1.165, 1.54) is 0 Å². The summed E-state index contributed by atoms with van der Waals surface area (Å²) >= 11 is 0. The first-order chi connectivity index (χ1) is 0. The Morgan fingerprint density at radius 1 is 0.600 bits per heavy atom. The number of halogens is 2. The summed E-state index contributed by atoms with van der Waals surface area (Å²) in [5, 5.41) is 0. The zero-order valence-electron chi connectivity index (χ0n) is 2.62. The minimum absolute atomic E-state index is 0. The quantitative estimate of drug-likeness (QED) is 0.262. The van der Waals surface area contributed by atoms with E-state index in [-0.39, 0.29) is 35.1 Å². The van der Waals surface area contributed by atoms with Crippen LogP contribution in [0, 0.1) is 0 Å². The predicted molar refractivity (Wildman–Crippen MR) is 13.4 cm³/mol. The smallest absolute Gasteiger partial charge is 1.00 e. The van der Waals surface area contributed by atoms with Gasteiger partial charge in [-0.05, 0) is 0 Å². The summed E-state index contributed by atoms with van der Waals surface area (Å²) < 4.78 is 0. The van der Waals surface area contributed by atoms with E-state index in [1.54, 1.807) is 0 Å². The Bertz CT molecular complexity index is 7.61. The first kappa shape index (κ1) is 3590. The van der Waals surface area contributed by atoms with Crippen LogP contribution in [-0.2, 0) is 0 Å². The van der Waals surface area contributed by atoms with Crippen LogP contribution in [0.1, 0.15) is 0 Å². The second-order valence-corrected chi connectivity index (χ2v) is 0. The average molecular weight is 73.0 g/mol. The summed E-state index contributed by atoms with van der Waals surface area (Å²) in [6.45, 7) is 0. The molecule has 0 atom stereocenters. The van der Waals surface area contributed by atoms with Gasteiger partial charge < -0.3 is 14.9 Å². The Kier molecular flexibility index (Phi) is 1200000. The molecule has 0 aliphatic rings. The van der Waals surface area contributed by atoms with Crippen LogP contribution in [0.2, 0.25) is 0 Å². The third-order valence-corrected chi connectivity index (χ3v) is 0. The Morgan fingerprint density at radius 2 is 0.600 bits per heavy atom. The maximum Gasteiger partial charge on any atom is 2.00 e. The van der Waals surface area contributed by atoms with Crippen molar-refractivity contribution < 1.29 is 14.9 Å². The fourth-order valence-electron chi connectivity index (χ4n) is 0. The Labute approximate surface area is 36.2 Å². The molecule has 1 N–H and O–H groups in total. The zero-order chi connectivity index (χ0) is 0. The number of rotatable bonds is 0. The van der Waals surface area contributed by atoms with Crippen molar-refractivity contribution in [1.29, 1.82) is 0 Å². The molecule has 0 radical (unpaired) electrons. The van der Waals surface area contributed by atoms with Crippen molar-refractivity contribution >= 4 is 20.2 Å². The van der Waals surface area contributed by atoms with Crippen LogP contribution in [0.4, 0.5) is 0 Å². The van der Waals surface area contributed by atoms with Crippen LogP contribution in [0.15, 0.2) is 0 Å². The van der Waals surface area contributed by atoms with Gasteiger partial charge in [-0.3, -0.25) is 0 Å². The molecule has 0 amide bonds. The molecular weight excluding hydrogens is 72.0 g/mol. The van der Waals surface area contributed by atoms with Crippen molar-refractivity contribution in [2.45, 2.75) is 0 Å². The van der Waals surface area contributed by atoms with E-state index in [4.69, 9.17) is 0 Å². The fourth-order valence-corrected chi connectivity index (χ4v) is 0. The Balaban J connectivity index is 0. The van der Waals surface area contributed by atoms with Crippen molar-refractivity contribution in [3.05, 3.63) is 0 Å². The van der Waals surface area contributed by atoms with E-state index in [9.17, 15) is 0 Å². The van der Waals surface area contributed by atoms with Crippen LogP contribution in [0.25, 0.3) is 0 Å². The number of hydrogen-bond donors (Lipinski definition) is 0. The summed E-state index contributed by atoms with van der Waals surface area (Å²) in [6.07, 6.45) is 0. The van der Waals surface area contributed by atoms with Gasteiger partial charge in [-0.15, -0.1) is 0 Å². The van der Waals surface area contributed by atoms with Crippen LogP contribution in [0.5, 0.6) is 0 Å². The van der Waals surface area contributed by atoms with Crippen LogP contribution in [-0.4, -0.2) is 25.7 Å². The van der Waals surface area contributed by atoms with Crippen molar-refractivity contribution in [3.63, 3.8) is 0 Å². The number of hydrogen-bond acceptors (Lipinski definition) is 1. The second kappa shape index (κ2) is 1670. The molecule has 0 unspecified atom stereocenters. The zero-order valence-corrected chi connectivity index (χ0v) is 2.62. The maximum atomic E-state index is 0. The molecule has 0 saturated carbocycles. The third kappa shape index (κ3) is 779. The van der Waals surface area contributed by atoms with Gasteiger partial charge in [-0.2, -0.15) is 0 Å². The summed E-state index contributed by atoms with van der Waals surface area (Å²) in [7, 11) is 0. The molecular formula is HBe2F2O+. The van der Waals surface area contributed by atoms with Crippen molar-refractivity contribution in [2.75, 3.05) is 0 Å². The standard InChI is InChI=1S/2Be.2FH.H2O/h;;2*1H;1H2/q2*+2;;;/p-3. The maximum absolute atomic E-state index is 0. The van der Waals surface area contributed by atoms with E-state index >= 15 is 0 Å². The average Bonchev–Trinajstić information content (AvgIpc) is 0. The SMILES string of the molecule is [Be+2].[Be+2].[F-].[F-].[OH-]. The van der Waals surface area contributed by atoms with E-state index in [0.29, 0.717) is 0 Å². The Hall–Kier alpha value is 0.158. The molecule has 0 aromatic heterocycles. The molecule has 0 aromatic rings. The monoisotopic (exact) mass is 73.0 g/mol. The molecule has 0 aliphatic carbocycles. The van der Waals surface area contributed by atoms with E-state index in [1.807, 2.05) is 0 Å². The molecule has 0 fully saturated rings. The molecule has 5 heavy (non-hydrogen) atoms. The van der Waals surface area contributed by atoms with Gasteiger partial charge in [-0.25, -0.2) is 0 Å². The van der Waals surface area contributed by atoms with Gasteiger partial charge in [0.1, 0.15) is 0 Å². The van der Waals surface area contributed by atoms with Gasteiger partial charge in [0, 0.05) is 0 Å². The third-order valence-electron chi connectivity index (χ3n) is 0. The molecule has 5 heteroatoms. The molecule has 0 heterocycles. The fraction of sp³-hybridized carbons (Fsp3) is 0. The first-order valence-corrected chi connectivity index (χ1v) is 0. The topological polar surface area (TPSA) is 30.0 Å². The van der Waals surface area contributed by atoms with E-state index in [2.05, 4.69) is 0 Å². The minimum Gasteiger partial charge on any atom is -1.00 e. The molecule has 0 saturated heterocycles. The minimum atomic E-state index is 0. The molecule has 0 bridgehead atoms. The van der Waals surface area contributed by atoms with Gasteiger partial charge >= 0.3 is 20.2 Å². The van der Waals surface area contributed by atoms with Gasteiger partial charge in [0.2, 0.25) is 0 Å². The van der Waals surface area contributed by atoms with Crippen molar-refractivity contribution in [2.24, 2.45) is 0 Å². The summed E-state index contributed by atoms with van der Waals surface area (Å²) in [4.78, 5) is 0. The van der Waals surface area contributed by atoms with Crippen molar-refractivity contribution in [3.8, 4) is 0 Å². The van der Waals surface area contributed by atoms with Gasteiger partial charge in [0.15, 0.2) is 0 Å². The van der Waals surface area contributed by atoms with Crippen LogP contribution in [0.3, 0.4) is 0 Å². The Morgan fingerprint density at radius 3 is 0.600 bits per heavy atom. The normalized spacial score (nSPS) is 0. The molecule has 0 aromatic carbocycles.